The van der Waals surface area contributed by atoms with Crippen molar-refractivity contribution in [3.8, 4) is 0 Å². The number of aryl methyl sites for hydroxylation is 2. The maximum absolute atomic E-state index is 10.4. The lowest BCUT2D eigenvalue weighted by molar-refractivity contribution is -0.139. The van der Waals surface area contributed by atoms with Crippen molar-refractivity contribution in [1.29, 1.82) is 0 Å². The predicted octanol–water partition coefficient (Wildman–Crippen LogP) is 1.81. The molecule has 1 unspecified atom stereocenters. The Hall–Kier alpha value is -1.35. The van der Waals surface area contributed by atoms with Gasteiger partial charge in [-0.25, -0.2) is 0 Å². The number of aliphatic carboxylic acids is 1. The molecule has 0 aliphatic carbocycles. The van der Waals surface area contributed by atoms with E-state index >= 15 is 0 Å². The van der Waals surface area contributed by atoms with Crippen LogP contribution in [0.3, 0.4) is 0 Å². The molecule has 0 aliphatic heterocycles. The largest absolute Gasteiger partial charge is 0.481 e. The molecule has 0 radical (unpaired) electrons. The number of carboxylic acids is 1. The molecule has 0 aliphatic rings. The van der Waals surface area contributed by atoms with E-state index < -0.39 is 12.1 Å². The molecule has 1 atom stereocenters. The predicted molar refractivity (Wildman–Crippen MR) is 53.1 cm³/mol. The minimum absolute atomic E-state index is 0.247. The number of hydrogen-bond acceptors (Lipinski definition) is 2. The van der Waals surface area contributed by atoms with E-state index in [1.165, 1.54) is 0 Å². The van der Waals surface area contributed by atoms with Crippen molar-refractivity contribution in [2.24, 2.45) is 0 Å². The molecule has 3 nitrogen and oxygen atoms in total. The first-order valence-electron chi connectivity index (χ1n) is 4.47. The van der Waals surface area contributed by atoms with Crippen LogP contribution < -0.4 is 0 Å². The van der Waals surface area contributed by atoms with E-state index in [1.807, 2.05) is 19.9 Å². The van der Waals surface area contributed by atoms with Crippen LogP contribution in [-0.2, 0) is 4.79 Å². The molecule has 76 valence electrons. The molecule has 1 rings (SSSR count). The third kappa shape index (κ3) is 2.85. The second kappa shape index (κ2) is 4.24. The molecule has 3 heteroatoms. The number of aliphatic hydroxyl groups excluding tert-OH is 1. The molecule has 0 fully saturated rings. The summed E-state index contributed by atoms with van der Waals surface area (Å²) in [5.41, 5.74) is 2.73. The molecule has 0 heterocycles. The zero-order chi connectivity index (χ0) is 10.7. The van der Waals surface area contributed by atoms with E-state index in [0.717, 1.165) is 11.1 Å². The van der Waals surface area contributed by atoms with Crippen LogP contribution in [-0.4, -0.2) is 16.2 Å². The summed E-state index contributed by atoms with van der Waals surface area (Å²) in [6.07, 6.45) is -1.16. The summed E-state index contributed by atoms with van der Waals surface area (Å²) in [5.74, 6) is -0.989. The van der Waals surface area contributed by atoms with Crippen molar-refractivity contribution in [3.05, 3.63) is 34.9 Å². The van der Waals surface area contributed by atoms with Gasteiger partial charge in [0.15, 0.2) is 0 Å². The summed E-state index contributed by atoms with van der Waals surface area (Å²) < 4.78 is 0. The summed E-state index contributed by atoms with van der Waals surface area (Å²) in [5, 5.41) is 18.1. The average Bonchev–Trinajstić information content (AvgIpc) is 2.00. The molecule has 0 amide bonds. The molecular formula is C11H14O3. The molecule has 0 spiro atoms. The van der Waals surface area contributed by atoms with Gasteiger partial charge in [0.05, 0.1) is 12.5 Å². The van der Waals surface area contributed by atoms with Gasteiger partial charge in [-0.1, -0.05) is 29.3 Å². The van der Waals surface area contributed by atoms with E-state index in [9.17, 15) is 9.90 Å². The summed E-state index contributed by atoms with van der Waals surface area (Å²) in [4.78, 5) is 10.4. The Morgan fingerprint density at radius 2 is 1.79 bits per heavy atom. The molecule has 0 saturated heterocycles. The lowest BCUT2D eigenvalue weighted by Crippen LogP contribution is -2.05. The van der Waals surface area contributed by atoms with Crippen molar-refractivity contribution < 1.29 is 15.0 Å². The Morgan fingerprint density at radius 3 is 2.21 bits per heavy atom. The van der Waals surface area contributed by atoms with Gasteiger partial charge < -0.3 is 10.2 Å². The van der Waals surface area contributed by atoms with E-state index in [0.29, 0.717) is 5.56 Å². The zero-order valence-corrected chi connectivity index (χ0v) is 8.32. The van der Waals surface area contributed by atoms with Crippen molar-refractivity contribution in [2.45, 2.75) is 26.4 Å². The summed E-state index contributed by atoms with van der Waals surface area (Å²) in [6, 6.07) is 5.60. The fourth-order valence-electron chi connectivity index (χ4n) is 1.49. The van der Waals surface area contributed by atoms with Crippen LogP contribution >= 0.6 is 0 Å². The summed E-state index contributed by atoms with van der Waals surface area (Å²) >= 11 is 0. The first-order valence-corrected chi connectivity index (χ1v) is 4.47. The highest BCUT2D eigenvalue weighted by Crippen LogP contribution is 2.19. The van der Waals surface area contributed by atoms with E-state index in [1.54, 1.807) is 12.1 Å². The van der Waals surface area contributed by atoms with E-state index in [2.05, 4.69) is 0 Å². The average molecular weight is 194 g/mol. The van der Waals surface area contributed by atoms with Crippen molar-refractivity contribution in [1.82, 2.24) is 0 Å². The fourth-order valence-corrected chi connectivity index (χ4v) is 1.49. The van der Waals surface area contributed by atoms with Crippen molar-refractivity contribution in [2.75, 3.05) is 0 Å². The zero-order valence-electron chi connectivity index (χ0n) is 8.32. The lowest BCUT2D eigenvalue weighted by Gasteiger charge is -2.10. The Labute approximate surface area is 83.0 Å². The molecule has 1 aromatic carbocycles. The maximum Gasteiger partial charge on any atom is 0.306 e. The molecular weight excluding hydrogens is 180 g/mol. The third-order valence-corrected chi connectivity index (χ3v) is 2.00. The van der Waals surface area contributed by atoms with Crippen LogP contribution in [0.5, 0.6) is 0 Å². The van der Waals surface area contributed by atoms with Gasteiger partial charge in [-0.15, -0.1) is 0 Å². The van der Waals surface area contributed by atoms with Crippen LogP contribution in [0.2, 0.25) is 0 Å². The molecule has 14 heavy (non-hydrogen) atoms. The number of rotatable bonds is 3. The minimum atomic E-state index is -0.989. The van der Waals surface area contributed by atoms with Gasteiger partial charge in [-0.3, -0.25) is 4.79 Å². The van der Waals surface area contributed by atoms with Crippen LogP contribution in [0.1, 0.15) is 29.2 Å². The minimum Gasteiger partial charge on any atom is -0.481 e. The number of carbonyl (C=O) groups is 1. The monoisotopic (exact) mass is 194 g/mol. The molecule has 2 N–H and O–H groups in total. The smallest absolute Gasteiger partial charge is 0.306 e. The van der Waals surface area contributed by atoms with Gasteiger partial charge in [-0.2, -0.15) is 0 Å². The van der Waals surface area contributed by atoms with Gasteiger partial charge in [0, 0.05) is 0 Å². The second-order valence-corrected chi connectivity index (χ2v) is 3.53. The van der Waals surface area contributed by atoms with Gasteiger partial charge in [-0.05, 0) is 19.4 Å². The van der Waals surface area contributed by atoms with Crippen LogP contribution in [0, 0.1) is 13.8 Å². The second-order valence-electron chi connectivity index (χ2n) is 3.53. The Bertz CT molecular complexity index is 324. The molecule has 1 aromatic rings. The Balaban J connectivity index is 2.89. The highest BCUT2D eigenvalue weighted by Gasteiger charge is 2.12. The standard InChI is InChI=1S/C11H14O3/c1-7-3-8(2)5-9(4-7)10(12)6-11(13)14/h3-5,10,12H,6H2,1-2H3,(H,13,14). The van der Waals surface area contributed by atoms with E-state index in [4.69, 9.17) is 5.11 Å². The summed E-state index contributed by atoms with van der Waals surface area (Å²) in [7, 11) is 0. The van der Waals surface area contributed by atoms with Gasteiger partial charge in [0.25, 0.3) is 0 Å². The van der Waals surface area contributed by atoms with E-state index in [-0.39, 0.29) is 6.42 Å². The first-order chi connectivity index (χ1) is 6.49. The SMILES string of the molecule is Cc1cc(C)cc(C(O)CC(=O)O)c1. The topological polar surface area (TPSA) is 57.5 Å². The molecule has 0 bridgehead atoms. The fraction of sp³-hybridized carbons (Fsp3) is 0.364. The number of carboxylic acid groups (broad SMARTS) is 1. The lowest BCUT2D eigenvalue weighted by atomic mass is 10.0. The van der Waals surface area contributed by atoms with Gasteiger partial charge >= 0.3 is 5.97 Å². The Kier molecular flexibility index (Phi) is 3.25. The number of benzene rings is 1. The van der Waals surface area contributed by atoms with Gasteiger partial charge in [0.1, 0.15) is 0 Å². The number of aliphatic hydroxyl groups is 1. The van der Waals surface area contributed by atoms with Crippen LogP contribution in [0.15, 0.2) is 18.2 Å². The van der Waals surface area contributed by atoms with Crippen molar-refractivity contribution >= 4 is 5.97 Å². The normalized spacial score (nSPS) is 12.5. The van der Waals surface area contributed by atoms with Crippen LogP contribution in [0.4, 0.5) is 0 Å². The molecule has 0 saturated carbocycles. The van der Waals surface area contributed by atoms with Gasteiger partial charge in [0.2, 0.25) is 0 Å². The maximum atomic E-state index is 10.4. The van der Waals surface area contributed by atoms with Crippen molar-refractivity contribution in [3.63, 3.8) is 0 Å². The van der Waals surface area contributed by atoms with Crippen LogP contribution in [0.25, 0.3) is 0 Å². The molecule has 0 aromatic heterocycles. The number of hydrogen-bond donors (Lipinski definition) is 2. The first kappa shape index (κ1) is 10.7. The highest BCUT2D eigenvalue weighted by molar-refractivity contribution is 5.67. The highest BCUT2D eigenvalue weighted by atomic mass is 16.4. The summed E-state index contributed by atoms with van der Waals surface area (Å²) in [6.45, 7) is 3.84. The third-order valence-electron chi connectivity index (χ3n) is 2.00. The Morgan fingerprint density at radius 1 is 1.29 bits per heavy atom. The quantitative estimate of drug-likeness (QED) is 0.771.